The molecule has 38 heavy (non-hydrogen) atoms. The first-order chi connectivity index (χ1) is 18.3. The van der Waals surface area contributed by atoms with Crippen molar-refractivity contribution in [2.24, 2.45) is 0 Å². The number of nitriles is 1. The van der Waals surface area contributed by atoms with E-state index in [-0.39, 0.29) is 11.9 Å². The quantitative estimate of drug-likeness (QED) is 0.381. The van der Waals surface area contributed by atoms with E-state index >= 15 is 0 Å². The van der Waals surface area contributed by atoms with Gasteiger partial charge in [-0.3, -0.25) is 9.78 Å². The number of rotatable bonds is 9. The highest BCUT2D eigenvalue weighted by Crippen LogP contribution is 2.36. The second-order valence-electron chi connectivity index (χ2n) is 9.56. The summed E-state index contributed by atoms with van der Waals surface area (Å²) in [4.78, 5) is 22.6. The maximum Gasteiger partial charge on any atom is 0.254 e. The molecule has 3 heterocycles. The second kappa shape index (κ2) is 11.9. The van der Waals surface area contributed by atoms with E-state index in [0.29, 0.717) is 47.3 Å². The summed E-state index contributed by atoms with van der Waals surface area (Å²) in [5.41, 5.74) is 6.51. The van der Waals surface area contributed by atoms with Gasteiger partial charge in [0.1, 0.15) is 17.4 Å². The highest BCUT2D eigenvalue weighted by Gasteiger charge is 2.32. The zero-order chi connectivity index (χ0) is 27.4. The van der Waals surface area contributed by atoms with Crippen LogP contribution < -0.4 is 4.74 Å². The molecule has 1 aromatic carbocycles. The highest BCUT2D eigenvalue weighted by molar-refractivity contribution is 6.29. The van der Waals surface area contributed by atoms with Gasteiger partial charge in [0.15, 0.2) is 5.15 Å². The lowest BCUT2D eigenvalue weighted by Crippen LogP contribution is -2.40. The molecule has 9 heteroatoms. The van der Waals surface area contributed by atoms with Gasteiger partial charge in [-0.2, -0.15) is 10.4 Å². The molecule has 198 valence electrons. The molecule has 0 aliphatic carbocycles. The number of aromatic nitrogens is 3. The third-order valence-electron chi connectivity index (χ3n) is 7.17. The van der Waals surface area contributed by atoms with Crippen molar-refractivity contribution in [2.45, 2.75) is 46.6 Å². The first-order valence-electron chi connectivity index (χ1n) is 13.0. The number of hydrogen-bond acceptors (Lipinski definition) is 7. The second-order valence-corrected chi connectivity index (χ2v) is 9.94. The van der Waals surface area contributed by atoms with Gasteiger partial charge in [-0.1, -0.05) is 24.6 Å². The van der Waals surface area contributed by atoms with E-state index in [9.17, 15) is 10.1 Å². The molecule has 1 unspecified atom stereocenters. The zero-order valence-corrected chi connectivity index (χ0v) is 23.3. The highest BCUT2D eigenvalue weighted by atomic mass is 35.5. The first kappa shape index (κ1) is 27.5. The molecule has 3 aromatic rings. The van der Waals surface area contributed by atoms with E-state index in [0.717, 1.165) is 47.5 Å². The number of carbonyl (C=O) groups is 1. The topological polar surface area (TPSA) is 95.2 Å². The summed E-state index contributed by atoms with van der Waals surface area (Å²) >= 11 is 6.24. The number of halogens is 1. The molecular weight excluding hydrogens is 500 g/mol. The Hall–Kier alpha value is -3.54. The van der Waals surface area contributed by atoms with Crippen molar-refractivity contribution in [2.75, 3.05) is 33.3 Å². The Balaban J connectivity index is 1.75. The predicted molar refractivity (Wildman–Crippen MR) is 147 cm³/mol. The van der Waals surface area contributed by atoms with Crippen molar-refractivity contribution in [3.05, 3.63) is 69.3 Å². The number of nitrogens with zero attached hydrogens (tertiary/aromatic N) is 6. The lowest BCUT2D eigenvalue weighted by molar-refractivity contribution is 0.0669. The average Bonchev–Trinajstić information content (AvgIpc) is 2.92. The van der Waals surface area contributed by atoms with Crippen LogP contribution in [0.5, 0.6) is 5.75 Å². The van der Waals surface area contributed by atoms with Gasteiger partial charge in [-0.25, -0.2) is 0 Å². The van der Waals surface area contributed by atoms with Crippen LogP contribution in [0.15, 0.2) is 30.5 Å². The Morgan fingerprint density at radius 3 is 2.66 bits per heavy atom. The summed E-state index contributed by atoms with van der Waals surface area (Å²) in [6, 6.07) is 9.63. The molecule has 8 nitrogen and oxygen atoms in total. The molecule has 4 rings (SSSR count). The number of carbonyl (C=O) groups excluding carboxylic acids is 1. The molecule has 0 saturated carbocycles. The number of fused-ring (bicyclic) bond motifs is 1. The minimum absolute atomic E-state index is 0.0411. The fraction of sp³-hybridized carbons (Fsp3) is 0.414. The third kappa shape index (κ3) is 5.64. The van der Waals surface area contributed by atoms with Crippen LogP contribution >= 0.6 is 11.6 Å². The SMILES string of the molecule is CCOc1cc(C(C)N2CCc3c(cc(CCN(C)CC)cc3-c3cc(Cl)nnc3C)C2=O)ncc1C#N. The van der Waals surface area contributed by atoms with Crippen LogP contribution in [-0.4, -0.2) is 64.2 Å². The van der Waals surface area contributed by atoms with Crippen LogP contribution in [0, 0.1) is 18.3 Å². The van der Waals surface area contributed by atoms with Crippen molar-refractivity contribution < 1.29 is 9.53 Å². The summed E-state index contributed by atoms with van der Waals surface area (Å²) < 4.78 is 5.65. The Morgan fingerprint density at radius 2 is 1.95 bits per heavy atom. The zero-order valence-electron chi connectivity index (χ0n) is 22.6. The summed E-state index contributed by atoms with van der Waals surface area (Å²) in [5.74, 6) is 0.444. The van der Waals surface area contributed by atoms with Crippen molar-refractivity contribution in [3.8, 4) is 22.9 Å². The molecule has 0 radical (unpaired) electrons. The smallest absolute Gasteiger partial charge is 0.254 e. The van der Waals surface area contributed by atoms with Crippen molar-refractivity contribution in [3.63, 3.8) is 0 Å². The lowest BCUT2D eigenvalue weighted by Gasteiger charge is -2.35. The minimum Gasteiger partial charge on any atom is -0.492 e. The molecule has 0 bridgehead atoms. The lowest BCUT2D eigenvalue weighted by atomic mass is 9.86. The molecular formula is C29H33ClN6O2. The summed E-state index contributed by atoms with van der Waals surface area (Å²) in [6.45, 7) is 10.7. The first-order valence-corrected chi connectivity index (χ1v) is 13.3. The maximum atomic E-state index is 14.0. The number of pyridine rings is 1. The van der Waals surface area contributed by atoms with Gasteiger partial charge in [0.25, 0.3) is 5.91 Å². The van der Waals surface area contributed by atoms with Crippen molar-refractivity contribution in [1.82, 2.24) is 25.0 Å². The average molecular weight is 533 g/mol. The fourth-order valence-corrected chi connectivity index (χ4v) is 4.96. The van der Waals surface area contributed by atoms with Gasteiger partial charge in [-0.15, -0.1) is 5.10 Å². The molecule has 2 aromatic heterocycles. The summed E-state index contributed by atoms with van der Waals surface area (Å²) in [5, 5.41) is 17.9. The van der Waals surface area contributed by atoms with Gasteiger partial charge < -0.3 is 14.5 Å². The molecule has 0 fully saturated rings. The maximum absolute atomic E-state index is 14.0. The minimum atomic E-state index is -0.292. The monoisotopic (exact) mass is 532 g/mol. The number of benzene rings is 1. The van der Waals surface area contributed by atoms with E-state index in [2.05, 4.69) is 46.2 Å². The summed E-state index contributed by atoms with van der Waals surface area (Å²) in [6.07, 6.45) is 3.01. The number of aryl methyl sites for hydroxylation is 1. The Morgan fingerprint density at radius 1 is 1.18 bits per heavy atom. The molecule has 0 N–H and O–H groups in total. The number of amides is 1. The van der Waals surface area contributed by atoms with Crippen molar-refractivity contribution >= 4 is 17.5 Å². The van der Waals surface area contributed by atoms with E-state index in [1.807, 2.05) is 37.8 Å². The van der Waals surface area contributed by atoms with E-state index in [4.69, 9.17) is 16.3 Å². The van der Waals surface area contributed by atoms with Crippen LogP contribution in [0.2, 0.25) is 5.15 Å². The standard InChI is InChI=1S/C29H33ClN6O2/c1-6-35(5)10-8-20-12-24(23-14-28(30)34-33-18(23)3)22-9-11-36(29(37)25(22)13-20)19(4)26-15-27(38-7-2)21(16-31)17-32-26/h12-15,17,19H,6-11H2,1-5H3. The van der Waals surface area contributed by atoms with Crippen molar-refractivity contribution in [1.29, 1.82) is 5.26 Å². The molecule has 1 aliphatic rings. The van der Waals surface area contributed by atoms with Crippen LogP contribution in [0.4, 0.5) is 0 Å². The van der Waals surface area contributed by atoms with Crippen LogP contribution in [0.3, 0.4) is 0 Å². The normalized spacial score (nSPS) is 13.8. The van der Waals surface area contributed by atoms with Gasteiger partial charge in [-0.05, 0) is 76.0 Å². The fourth-order valence-electron chi connectivity index (χ4n) is 4.81. The number of ether oxygens (including phenoxy) is 1. The van der Waals surface area contributed by atoms with Crippen LogP contribution in [0.25, 0.3) is 11.1 Å². The summed E-state index contributed by atoms with van der Waals surface area (Å²) in [7, 11) is 2.09. The Kier molecular flexibility index (Phi) is 8.60. The van der Waals surface area contributed by atoms with Crippen LogP contribution in [0.1, 0.15) is 65.2 Å². The Labute approximate surface area is 229 Å². The molecule has 1 aliphatic heterocycles. The van der Waals surface area contributed by atoms with Gasteiger partial charge in [0, 0.05) is 36.5 Å². The Bertz CT molecular complexity index is 1390. The molecule has 1 amide bonds. The largest absolute Gasteiger partial charge is 0.492 e. The van der Waals surface area contributed by atoms with Gasteiger partial charge in [0.05, 0.1) is 24.0 Å². The number of likely N-dealkylation sites (N-methyl/N-ethyl adjacent to an activating group) is 1. The molecule has 0 spiro atoms. The third-order valence-corrected chi connectivity index (χ3v) is 7.35. The van der Waals surface area contributed by atoms with Gasteiger partial charge in [0.2, 0.25) is 0 Å². The molecule has 0 saturated heterocycles. The predicted octanol–water partition coefficient (Wildman–Crippen LogP) is 5.02. The van der Waals surface area contributed by atoms with Crippen LogP contribution in [-0.2, 0) is 12.8 Å². The molecule has 1 atom stereocenters. The van der Waals surface area contributed by atoms with E-state index in [1.54, 1.807) is 6.07 Å². The number of hydrogen-bond donors (Lipinski definition) is 0. The van der Waals surface area contributed by atoms with E-state index < -0.39 is 0 Å². The van der Waals surface area contributed by atoms with Gasteiger partial charge >= 0.3 is 0 Å². The van der Waals surface area contributed by atoms with E-state index in [1.165, 1.54) is 6.20 Å².